The van der Waals surface area contributed by atoms with Crippen LogP contribution in [0.15, 0.2) is 48.5 Å². The first-order valence-corrected chi connectivity index (χ1v) is 30.5. The second kappa shape index (κ2) is 23.3. The van der Waals surface area contributed by atoms with Crippen molar-refractivity contribution < 1.29 is 52.3 Å². The van der Waals surface area contributed by atoms with E-state index in [1.54, 1.807) is 0 Å². The van der Waals surface area contributed by atoms with Crippen LogP contribution in [0.4, 0.5) is 13.2 Å². The minimum atomic E-state index is -6.09. The summed E-state index contributed by atoms with van der Waals surface area (Å²) in [5.74, 6) is 0. The Morgan fingerprint density at radius 1 is 0.525 bits per heavy atom. The predicted molar refractivity (Wildman–Crippen MR) is 246 cm³/mol. The zero-order valence-corrected chi connectivity index (χ0v) is 42.1. The van der Waals surface area contributed by atoms with Gasteiger partial charge in [-0.1, -0.05) is 120 Å². The molecule has 0 radical (unpaired) electrons. The first-order valence-electron chi connectivity index (χ1n) is 22.4. The van der Waals surface area contributed by atoms with E-state index >= 15 is 0 Å². The Kier molecular flexibility index (Phi) is 21.0. The van der Waals surface area contributed by atoms with Gasteiger partial charge >= 0.3 is 22.6 Å². The molecular formula is C45H72CuF3O5P4S. The first kappa shape index (κ1) is 53.3. The van der Waals surface area contributed by atoms with Crippen LogP contribution in [0.3, 0.4) is 0 Å². The number of hydrogen-bond acceptors (Lipinski definition) is 5. The van der Waals surface area contributed by atoms with Gasteiger partial charge in [0.1, 0.15) is 14.3 Å². The Morgan fingerprint density at radius 2 is 0.763 bits per heavy atom. The molecule has 0 N–H and O–H groups in total. The monoisotopic (exact) mass is 968 g/mol. The molecule has 59 heavy (non-hydrogen) atoms. The van der Waals surface area contributed by atoms with Gasteiger partial charge in [0.05, 0.1) is 0 Å². The maximum absolute atomic E-state index is 14.5. The van der Waals surface area contributed by atoms with Crippen LogP contribution < -0.4 is 21.2 Å². The summed E-state index contributed by atoms with van der Waals surface area (Å²) in [6, 6.07) is 18.0. The number of rotatable bonds is 12. The van der Waals surface area contributed by atoms with E-state index in [-0.39, 0.29) is 32.9 Å². The molecule has 14 heteroatoms. The first-order chi connectivity index (χ1) is 27.5. The molecule has 4 heterocycles. The molecular weight excluding hydrogens is 897 g/mol. The topological polar surface area (TPSA) is 91.3 Å². The molecule has 0 unspecified atom stereocenters. The predicted octanol–water partition coefficient (Wildman–Crippen LogP) is 13.0. The summed E-state index contributed by atoms with van der Waals surface area (Å²) >= 11 is 0. The fourth-order valence-electron chi connectivity index (χ4n) is 11.1. The molecule has 4 fully saturated rings. The third-order valence-electron chi connectivity index (χ3n) is 14.2. The van der Waals surface area contributed by atoms with Gasteiger partial charge in [-0.3, -0.25) is 0 Å². The number of halogens is 3. The Morgan fingerprint density at radius 3 is 0.966 bits per heavy atom. The molecule has 340 valence electrons. The third kappa shape index (κ3) is 11.3. The molecule has 2 aromatic carbocycles. The smallest absolute Gasteiger partial charge is 0.741 e. The molecule has 0 saturated carbocycles. The zero-order chi connectivity index (χ0) is 43.1. The fourth-order valence-corrected chi connectivity index (χ4v) is 28.5. The van der Waals surface area contributed by atoms with Crippen molar-refractivity contribution >= 4 is 61.5 Å². The second-order valence-electron chi connectivity index (χ2n) is 16.9. The van der Waals surface area contributed by atoms with Crippen molar-refractivity contribution in [1.82, 2.24) is 0 Å². The van der Waals surface area contributed by atoms with Crippen molar-refractivity contribution in [3.05, 3.63) is 48.5 Å². The summed E-state index contributed by atoms with van der Waals surface area (Å²) < 4.78 is 87.9. The largest absolute Gasteiger partial charge is 1.00 e. The van der Waals surface area contributed by atoms with Crippen molar-refractivity contribution in [2.45, 2.75) is 209 Å². The van der Waals surface area contributed by atoms with E-state index < -0.39 is 29.9 Å². The number of hydrogen-bond donors (Lipinski definition) is 0. The van der Waals surface area contributed by atoms with Crippen molar-refractivity contribution in [3.8, 4) is 0 Å². The second-order valence-corrected chi connectivity index (χ2v) is 30.5. The summed E-state index contributed by atoms with van der Waals surface area (Å²) in [6.07, 6.45) is 19.7. The fraction of sp³-hybridized carbons (Fsp3) is 0.733. The van der Waals surface area contributed by atoms with Crippen LogP contribution in [0.1, 0.15) is 158 Å². The zero-order valence-electron chi connectivity index (χ0n) is 36.7. The molecule has 0 aromatic heterocycles. The van der Waals surface area contributed by atoms with Crippen LogP contribution in [0.25, 0.3) is 0 Å². The Labute approximate surface area is 369 Å². The molecule has 4 saturated heterocycles. The van der Waals surface area contributed by atoms with E-state index in [1.807, 2.05) is 0 Å². The van der Waals surface area contributed by atoms with Crippen LogP contribution in [-0.2, 0) is 36.3 Å². The molecule has 4 aliphatic rings. The van der Waals surface area contributed by atoms with Crippen molar-refractivity contribution in [2.75, 3.05) is 0 Å². The van der Waals surface area contributed by atoms with E-state index in [4.69, 9.17) is 13.0 Å². The summed E-state index contributed by atoms with van der Waals surface area (Å²) in [4.78, 5) is 0. The molecule has 0 spiro atoms. The average molecular weight is 970 g/mol. The minimum absolute atomic E-state index is 0. The van der Waals surface area contributed by atoms with Gasteiger partial charge in [0.25, 0.3) is 0 Å². The normalized spacial score (nSPS) is 29.3. The molecule has 8 atom stereocenters. The molecule has 6 rings (SSSR count). The Hall–Kier alpha value is -0.0205. The molecule has 0 aliphatic carbocycles. The van der Waals surface area contributed by atoms with Gasteiger partial charge < -0.3 is 13.7 Å². The number of alkyl halides is 3. The summed E-state index contributed by atoms with van der Waals surface area (Å²) in [6.45, 7) is 18.5. The number of benzene rings is 2. The Bertz CT molecular complexity index is 1660. The van der Waals surface area contributed by atoms with E-state index in [9.17, 15) is 22.3 Å². The van der Waals surface area contributed by atoms with E-state index in [2.05, 4.69) is 104 Å². The van der Waals surface area contributed by atoms with Gasteiger partial charge in [0.15, 0.2) is 10.1 Å². The van der Waals surface area contributed by atoms with Gasteiger partial charge in [-0.25, -0.2) is 8.42 Å². The van der Waals surface area contributed by atoms with Gasteiger partial charge in [0.2, 0.25) is 0 Å². The quantitative estimate of drug-likeness (QED) is 0.0914. The van der Waals surface area contributed by atoms with Gasteiger partial charge in [-0.05, 0) is 136 Å². The van der Waals surface area contributed by atoms with Gasteiger partial charge in [-0.15, -0.1) is 0 Å². The molecule has 2 aromatic rings. The molecule has 0 bridgehead atoms. The summed E-state index contributed by atoms with van der Waals surface area (Å²) in [5.41, 5.74) is -0.565. The SMILES string of the molecule is CC[C@H]1CC[C@H](CC)P1c1ccccc1P1(=O)[C@@H](CC)CC[C@@H]1CC.CC[C@H]1CC[C@H](CC)P1c1ccccc1P1(=O)[C@@H](CC)CC[C@@H]1CC.O=S(=O)([O-])C(F)(F)F.[Cu+]. The van der Waals surface area contributed by atoms with Crippen molar-refractivity contribution in [1.29, 1.82) is 0 Å². The summed E-state index contributed by atoms with van der Waals surface area (Å²) in [7, 11) is -11.0. The van der Waals surface area contributed by atoms with E-state index in [0.29, 0.717) is 22.6 Å². The van der Waals surface area contributed by atoms with Crippen LogP contribution in [-0.4, -0.2) is 63.8 Å². The van der Waals surface area contributed by atoms with E-state index in [1.165, 1.54) is 98.3 Å². The molecule has 4 aliphatic heterocycles. The van der Waals surface area contributed by atoms with Crippen LogP contribution in [0.5, 0.6) is 0 Å². The molecule has 0 amide bonds. The third-order valence-corrected chi connectivity index (χ3v) is 31.8. The van der Waals surface area contributed by atoms with Crippen LogP contribution in [0.2, 0.25) is 0 Å². The van der Waals surface area contributed by atoms with Crippen molar-refractivity contribution in [3.63, 3.8) is 0 Å². The van der Waals surface area contributed by atoms with Crippen LogP contribution >= 0.6 is 30.1 Å². The molecule has 5 nitrogen and oxygen atoms in total. The Balaban J connectivity index is 0.000000263. The maximum Gasteiger partial charge on any atom is 1.00 e. The van der Waals surface area contributed by atoms with Gasteiger partial charge in [-0.2, -0.15) is 13.2 Å². The maximum atomic E-state index is 14.5. The van der Waals surface area contributed by atoms with Gasteiger partial charge in [0, 0.05) is 33.2 Å². The van der Waals surface area contributed by atoms with E-state index in [0.717, 1.165) is 48.3 Å². The van der Waals surface area contributed by atoms with Crippen molar-refractivity contribution in [2.24, 2.45) is 0 Å². The summed E-state index contributed by atoms with van der Waals surface area (Å²) in [5, 5.41) is 5.71. The average Bonchev–Trinajstić information content (AvgIpc) is 3.99. The standard InChI is InChI=1S/2C22H36OP2.CHF3O3S.Cu/c2*1-5-17-13-14-18(6-2)24(17)21-11-9-10-12-22(21)25(23)19(7-3)15-16-20(25)8-4;2-1(3,4)8(5,6)7;/h2*9-12,17-20H,5-8,13-16H2,1-4H3;(H,5,6,7);/q;;;+1/p-1/t2*17-,18-,19-,20-;;/m00../s1. The van der Waals surface area contributed by atoms with Crippen LogP contribution in [0, 0.1) is 0 Å². The minimum Gasteiger partial charge on any atom is -0.741 e.